The van der Waals surface area contributed by atoms with Crippen molar-refractivity contribution < 1.29 is 14.3 Å². The summed E-state index contributed by atoms with van der Waals surface area (Å²) < 4.78 is 13.3. The standard InChI is InChI=1S/C29H34O3SSi/c1-29(2,3)34(24-15-9-5-10-16-24,25-17-11-6-12-18-25)31-21-27-26(30)19-20-28(32-27)33-22-23-13-7-4-8-14-23/h4-20,26-28,30H,21-22H2,1-3H3/t26-,27-,28+/m1/s1. The van der Waals surface area contributed by atoms with E-state index in [0.717, 1.165) is 5.75 Å². The minimum Gasteiger partial charge on any atom is -0.405 e. The maximum Gasteiger partial charge on any atom is 0.261 e. The van der Waals surface area contributed by atoms with Crippen LogP contribution in [0.15, 0.2) is 103 Å². The summed E-state index contributed by atoms with van der Waals surface area (Å²) in [6, 6.07) is 31.5. The summed E-state index contributed by atoms with van der Waals surface area (Å²) in [5, 5.41) is 13.1. The maximum atomic E-state index is 10.7. The van der Waals surface area contributed by atoms with Crippen LogP contribution in [0.2, 0.25) is 5.04 Å². The Morgan fingerprint density at radius 2 is 1.35 bits per heavy atom. The summed E-state index contributed by atoms with van der Waals surface area (Å²) in [5.74, 6) is 0.855. The molecule has 3 nitrogen and oxygen atoms in total. The van der Waals surface area contributed by atoms with Gasteiger partial charge in [0.2, 0.25) is 0 Å². The van der Waals surface area contributed by atoms with E-state index < -0.39 is 20.5 Å². The molecule has 34 heavy (non-hydrogen) atoms. The lowest BCUT2D eigenvalue weighted by atomic mass is 10.1. The summed E-state index contributed by atoms with van der Waals surface area (Å²) in [7, 11) is -2.68. The van der Waals surface area contributed by atoms with Crippen LogP contribution < -0.4 is 10.4 Å². The van der Waals surface area contributed by atoms with Crippen LogP contribution in [-0.2, 0) is 14.9 Å². The van der Waals surface area contributed by atoms with E-state index in [4.69, 9.17) is 9.16 Å². The third-order valence-corrected chi connectivity index (χ3v) is 12.4. The zero-order valence-corrected chi connectivity index (χ0v) is 21.9. The van der Waals surface area contributed by atoms with E-state index >= 15 is 0 Å². The van der Waals surface area contributed by atoms with Gasteiger partial charge in [0.15, 0.2) is 0 Å². The summed E-state index contributed by atoms with van der Waals surface area (Å²) in [6.45, 7) is 7.11. The number of aliphatic hydroxyl groups is 1. The van der Waals surface area contributed by atoms with Crippen molar-refractivity contribution in [1.29, 1.82) is 0 Å². The molecule has 0 fully saturated rings. The highest BCUT2D eigenvalue weighted by Crippen LogP contribution is 2.37. The number of hydrogen-bond donors (Lipinski definition) is 1. The number of benzene rings is 3. The van der Waals surface area contributed by atoms with Crippen molar-refractivity contribution in [1.82, 2.24) is 0 Å². The SMILES string of the molecule is CC(C)(C)[Si](OC[C@H]1O[C@@H](SCc2ccccc2)C=C[C@H]1O)(c1ccccc1)c1ccccc1. The normalized spacial score (nSPS) is 20.9. The lowest BCUT2D eigenvalue weighted by Crippen LogP contribution is -2.67. The summed E-state index contributed by atoms with van der Waals surface area (Å²) in [4.78, 5) is 0. The Kier molecular flexibility index (Phi) is 8.12. The van der Waals surface area contributed by atoms with E-state index in [1.54, 1.807) is 11.8 Å². The van der Waals surface area contributed by atoms with Gasteiger partial charge in [-0.3, -0.25) is 0 Å². The highest BCUT2D eigenvalue weighted by Gasteiger charge is 2.50. The van der Waals surface area contributed by atoms with Gasteiger partial charge >= 0.3 is 0 Å². The minimum absolute atomic E-state index is 0.114. The van der Waals surface area contributed by atoms with Crippen molar-refractivity contribution in [3.63, 3.8) is 0 Å². The van der Waals surface area contributed by atoms with Gasteiger partial charge in [-0.1, -0.05) is 118 Å². The predicted octanol–water partition coefficient (Wildman–Crippen LogP) is 5.14. The smallest absolute Gasteiger partial charge is 0.261 e. The first-order chi connectivity index (χ1) is 16.4. The lowest BCUT2D eigenvalue weighted by molar-refractivity contribution is -0.0508. The molecule has 4 rings (SSSR count). The quantitative estimate of drug-likeness (QED) is 0.351. The molecule has 1 heterocycles. The summed E-state index contributed by atoms with van der Waals surface area (Å²) >= 11 is 1.72. The first-order valence-corrected chi connectivity index (χ1v) is 14.8. The number of hydrogen-bond acceptors (Lipinski definition) is 4. The molecule has 178 valence electrons. The molecule has 0 saturated carbocycles. The molecule has 0 aromatic heterocycles. The van der Waals surface area contributed by atoms with Crippen LogP contribution >= 0.6 is 11.8 Å². The van der Waals surface area contributed by atoms with Crippen molar-refractivity contribution in [2.24, 2.45) is 0 Å². The van der Waals surface area contributed by atoms with Gasteiger partial charge in [0, 0.05) is 5.75 Å². The fourth-order valence-corrected chi connectivity index (χ4v) is 10.1. The molecule has 0 bridgehead atoms. The highest BCUT2D eigenvalue weighted by atomic mass is 32.2. The number of aliphatic hydroxyl groups excluding tert-OH is 1. The Bertz CT molecular complexity index is 1010. The first-order valence-electron chi connectivity index (χ1n) is 11.8. The zero-order chi connectivity index (χ0) is 24.0. The Hall–Kier alpha value is -2.15. The molecule has 3 atom stereocenters. The molecule has 0 spiro atoms. The molecule has 1 aliphatic heterocycles. The predicted molar refractivity (Wildman–Crippen MR) is 145 cm³/mol. The topological polar surface area (TPSA) is 38.7 Å². The van der Waals surface area contributed by atoms with Crippen molar-refractivity contribution in [3.05, 3.63) is 109 Å². The summed E-state index contributed by atoms with van der Waals surface area (Å²) in [6.07, 6.45) is 2.70. The molecule has 1 aliphatic rings. The van der Waals surface area contributed by atoms with Crippen LogP contribution in [0, 0.1) is 0 Å². The van der Waals surface area contributed by atoms with E-state index in [-0.39, 0.29) is 10.5 Å². The third-order valence-electron chi connectivity index (χ3n) is 6.29. The Morgan fingerprint density at radius 3 is 1.88 bits per heavy atom. The molecule has 0 unspecified atom stereocenters. The van der Waals surface area contributed by atoms with Gasteiger partial charge in [-0.2, -0.15) is 0 Å². The molecular weight excluding hydrogens is 456 g/mol. The molecule has 3 aromatic rings. The largest absolute Gasteiger partial charge is 0.405 e. The van der Waals surface area contributed by atoms with E-state index in [1.165, 1.54) is 15.9 Å². The Labute approximate surface area is 209 Å². The van der Waals surface area contributed by atoms with Crippen molar-refractivity contribution in [3.8, 4) is 0 Å². The molecule has 3 aromatic carbocycles. The van der Waals surface area contributed by atoms with Gasteiger partial charge < -0.3 is 14.3 Å². The van der Waals surface area contributed by atoms with Crippen LogP contribution in [-0.4, -0.2) is 37.7 Å². The van der Waals surface area contributed by atoms with Crippen LogP contribution in [0.1, 0.15) is 26.3 Å². The number of ether oxygens (including phenoxy) is 1. The van der Waals surface area contributed by atoms with Gasteiger partial charge in [0.05, 0.1) is 6.61 Å². The fourth-order valence-electron chi connectivity index (χ4n) is 4.58. The Balaban J connectivity index is 1.56. The van der Waals surface area contributed by atoms with Gasteiger partial charge in [0.25, 0.3) is 8.32 Å². The first kappa shape index (κ1) is 25.0. The van der Waals surface area contributed by atoms with Crippen LogP contribution in [0.4, 0.5) is 0 Å². The van der Waals surface area contributed by atoms with Gasteiger partial charge in [-0.25, -0.2) is 0 Å². The van der Waals surface area contributed by atoms with Crippen LogP contribution in [0.25, 0.3) is 0 Å². The fraction of sp³-hybridized carbons (Fsp3) is 0.310. The minimum atomic E-state index is -2.68. The van der Waals surface area contributed by atoms with E-state index in [9.17, 15) is 5.11 Å². The molecule has 5 heteroatoms. The second-order valence-corrected chi connectivity index (χ2v) is 15.1. The summed E-state index contributed by atoms with van der Waals surface area (Å²) in [5.41, 5.74) is 1.15. The number of rotatable bonds is 8. The van der Waals surface area contributed by atoms with Crippen molar-refractivity contribution in [2.45, 2.75) is 49.2 Å². The van der Waals surface area contributed by atoms with E-state index in [1.807, 2.05) is 30.4 Å². The van der Waals surface area contributed by atoms with Crippen LogP contribution in [0.3, 0.4) is 0 Å². The lowest BCUT2D eigenvalue weighted by Gasteiger charge is -2.44. The molecule has 0 saturated heterocycles. The second-order valence-electron chi connectivity index (χ2n) is 9.69. The Morgan fingerprint density at radius 1 is 0.824 bits per heavy atom. The molecule has 0 aliphatic carbocycles. The number of thioether (sulfide) groups is 1. The maximum absolute atomic E-state index is 10.7. The third kappa shape index (κ3) is 5.56. The average molecular weight is 491 g/mol. The van der Waals surface area contributed by atoms with E-state index in [0.29, 0.717) is 6.61 Å². The van der Waals surface area contributed by atoms with Crippen molar-refractivity contribution in [2.75, 3.05) is 6.61 Å². The van der Waals surface area contributed by atoms with Crippen LogP contribution in [0.5, 0.6) is 0 Å². The average Bonchev–Trinajstić information content (AvgIpc) is 2.86. The molecular formula is C29H34O3SSi. The second kappa shape index (κ2) is 11.1. The van der Waals surface area contributed by atoms with Gasteiger partial charge in [-0.15, -0.1) is 11.8 Å². The van der Waals surface area contributed by atoms with Gasteiger partial charge in [-0.05, 0) is 27.1 Å². The molecule has 1 N–H and O–H groups in total. The molecule has 0 radical (unpaired) electrons. The van der Waals surface area contributed by atoms with E-state index in [2.05, 4.69) is 93.6 Å². The van der Waals surface area contributed by atoms with Crippen molar-refractivity contribution >= 4 is 30.5 Å². The monoisotopic (exact) mass is 490 g/mol. The highest BCUT2D eigenvalue weighted by molar-refractivity contribution is 7.99. The van der Waals surface area contributed by atoms with Gasteiger partial charge in [0.1, 0.15) is 17.6 Å². The molecule has 0 amide bonds. The zero-order valence-electron chi connectivity index (χ0n) is 20.1.